The van der Waals surface area contributed by atoms with E-state index in [2.05, 4.69) is 40.2 Å². The average molecular weight is 239 g/mol. The second kappa shape index (κ2) is 4.42. The zero-order valence-corrected chi connectivity index (χ0v) is 10.5. The van der Waals surface area contributed by atoms with Crippen LogP contribution in [0.1, 0.15) is 24.1 Å². The number of hydrogen-bond acceptors (Lipinski definition) is 3. The van der Waals surface area contributed by atoms with Crippen molar-refractivity contribution in [1.29, 1.82) is 0 Å². The first-order valence-corrected chi connectivity index (χ1v) is 6.33. The summed E-state index contributed by atoms with van der Waals surface area (Å²) in [6.07, 6.45) is 2.91. The number of anilines is 2. The molecule has 0 saturated heterocycles. The van der Waals surface area contributed by atoms with E-state index >= 15 is 0 Å². The number of para-hydroxylation sites is 1. The van der Waals surface area contributed by atoms with Gasteiger partial charge < -0.3 is 10.6 Å². The minimum Gasteiger partial charge on any atom is -0.326 e. The molecule has 0 fully saturated rings. The van der Waals surface area contributed by atoms with E-state index in [1.165, 1.54) is 11.3 Å². The zero-order valence-electron chi connectivity index (χ0n) is 10.5. The van der Waals surface area contributed by atoms with Crippen LogP contribution < -0.4 is 10.6 Å². The third-order valence-electron chi connectivity index (χ3n) is 3.45. The van der Waals surface area contributed by atoms with Crippen LogP contribution >= 0.6 is 0 Å². The standard InChI is InChI=1S/C15H17N3/c1-11(16)13-6-4-9-17-15(13)18-10-8-12-5-2-3-7-14(12)18/h2-7,9,11H,8,10,16H2,1H3/t11-/m0/s1. The number of aromatic nitrogens is 1. The second-order valence-corrected chi connectivity index (χ2v) is 4.74. The van der Waals surface area contributed by atoms with E-state index in [1.807, 2.05) is 19.2 Å². The zero-order chi connectivity index (χ0) is 12.5. The predicted molar refractivity (Wildman–Crippen MR) is 74.0 cm³/mol. The highest BCUT2D eigenvalue weighted by atomic mass is 15.2. The fourth-order valence-corrected chi connectivity index (χ4v) is 2.55. The van der Waals surface area contributed by atoms with Crippen molar-refractivity contribution in [2.24, 2.45) is 5.73 Å². The molecule has 92 valence electrons. The molecule has 3 rings (SSSR count). The Hall–Kier alpha value is -1.87. The van der Waals surface area contributed by atoms with E-state index in [0.717, 1.165) is 24.3 Å². The van der Waals surface area contributed by atoms with Gasteiger partial charge in [0.1, 0.15) is 5.82 Å². The summed E-state index contributed by atoms with van der Waals surface area (Å²) in [4.78, 5) is 6.80. The van der Waals surface area contributed by atoms with E-state index < -0.39 is 0 Å². The van der Waals surface area contributed by atoms with Crippen molar-refractivity contribution in [2.45, 2.75) is 19.4 Å². The third kappa shape index (κ3) is 1.77. The molecular formula is C15H17N3. The van der Waals surface area contributed by atoms with Crippen LogP contribution in [-0.2, 0) is 6.42 Å². The van der Waals surface area contributed by atoms with Gasteiger partial charge in [0.05, 0.1) is 0 Å². The molecule has 0 spiro atoms. The summed E-state index contributed by atoms with van der Waals surface area (Å²) in [6.45, 7) is 2.98. The van der Waals surface area contributed by atoms with Crippen molar-refractivity contribution in [1.82, 2.24) is 4.98 Å². The fourth-order valence-electron chi connectivity index (χ4n) is 2.55. The lowest BCUT2D eigenvalue weighted by Crippen LogP contribution is -2.19. The van der Waals surface area contributed by atoms with E-state index in [9.17, 15) is 0 Å². The Balaban J connectivity index is 2.08. The van der Waals surface area contributed by atoms with Gasteiger partial charge in [0, 0.05) is 30.0 Å². The maximum atomic E-state index is 6.04. The molecule has 1 atom stereocenters. The smallest absolute Gasteiger partial charge is 0.137 e. The number of pyridine rings is 1. The van der Waals surface area contributed by atoms with Crippen molar-refractivity contribution >= 4 is 11.5 Å². The lowest BCUT2D eigenvalue weighted by atomic mass is 10.1. The summed E-state index contributed by atoms with van der Waals surface area (Å²) in [5, 5.41) is 0. The Labute approximate surface area is 107 Å². The van der Waals surface area contributed by atoms with Gasteiger partial charge in [0.15, 0.2) is 0 Å². The van der Waals surface area contributed by atoms with Gasteiger partial charge in [-0.3, -0.25) is 0 Å². The third-order valence-corrected chi connectivity index (χ3v) is 3.45. The van der Waals surface area contributed by atoms with Gasteiger partial charge in [-0.2, -0.15) is 0 Å². The maximum absolute atomic E-state index is 6.04. The van der Waals surface area contributed by atoms with E-state index in [0.29, 0.717) is 0 Å². The van der Waals surface area contributed by atoms with Gasteiger partial charge in [-0.1, -0.05) is 24.3 Å². The maximum Gasteiger partial charge on any atom is 0.137 e. The molecule has 1 aromatic heterocycles. The summed E-state index contributed by atoms with van der Waals surface area (Å²) in [5.74, 6) is 0.998. The molecule has 1 aliphatic rings. The predicted octanol–water partition coefficient (Wildman–Crippen LogP) is 2.80. The number of fused-ring (bicyclic) bond motifs is 1. The van der Waals surface area contributed by atoms with E-state index in [4.69, 9.17) is 5.73 Å². The van der Waals surface area contributed by atoms with Crippen molar-refractivity contribution < 1.29 is 0 Å². The van der Waals surface area contributed by atoms with Crippen LogP contribution in [0, 0.1) is 0 Å². The van der Waals surface area contributed by atoms with Crippen molar-refractivity contribution in [3.63, 3.8) is 0 Å². The van der Waals surface area contributed by atoms with Crippen LogP contribution in [0.5, 0.6) is 0 Å². The van der Waals surface area contributed by atoms with Gasteiger partial charge in [-0.25, -0.2) is 4.98 Å². The monoisotopic (exact) mass is 239 g/mol. The number of nitrogens with two attached hydrogens (primary N) is 1. The number of benzene rings is 1. The summed E-state index contributed by atoms with van der Waals surface area (Å²) in [7, 11) is 0. The van der Waals surface area contributed by atoms with Gasteiger partial charge in [-0.15, -0.1) is 0 Å². The summed E-state index contributed by atoms with van der Waals surface area (Å²) in [6, 6.07) is 12.5. The highest BCUT2D eigenvalue weighted by Gasteiger charge is 2.23. The Bertz CT molecular complexity index is 563. The first-order chi connectivity index (χ1) is 8.77. The Morgan fingerprint density at radius 2 is 2.06 bits per heavy atom. The first-order valence-electron chi connectivity index (χ1n) is 6.33. The lowest BCUT2D eigenvalue weighted by molar-refractivity contribution is 0.802. The molecule has 0 saturated carbocycles. The molecule has 2 N–H and O–H groups in total. The van der Waals surface area contributed by atoms with Crippen molar-refractivity contribution in [3.8, 4) is 0 Å². The van der Waals surface area contributed by atoms with Crippen LogP contribution in [0.3, 0.4) is 0 Å². The fraction of sp³-hybridized carbons (Fsp3) is 0.267. The minimum absolute atomic E-state index is 0.00135. The van der Waals surface area contributed by atoms with Gasteiger partial charge in [0.25, 0.3) is 0 Å². The van der Waals surface area contributed by atoms with Crippen LogP contribution in [0.15, 0.2) is 42.6 Å². The van der Waals surface area contributed by atoms with Crippen LogP contribution in [0.25, 0.3) is 0 Å². The summed E-state index contributed by atoms with van der Waals surface area (Å²) in [5.41, 5.74) is 9.79. The molecule has 0 unspecified atom stereocenters. The molecule has 2 aromatic rings. The largest absolute Gasteiger partial charge is 0.326 e. The molecule has 18 heavy (non-hydrogen) atoms. The molecule has 1 aliphatic heterocycles. The van der Waals surface area contributed by atoms with Gasteiger partial charge >= 0.3 is 0 Å². The average Bonchev–Trinajstić information content (AvgIpc) is 2.82. The Morgan fingerprint density at radius 1 is 1.22 bits per heavy atom. The molecule has 3 heteroatoms. The van der Waals surface area contributed by atoms with E-state index in [-0.39, 0.29) is 6.04 Å². The Kier molecular flexibility index (Phi) is 2.76. The van der Waals surface area contributed by atoms with Crippen LogP contribution in [0.2, 0.25) is 0 Å². The molecule has 1 aromatic carbocycles. The Morgan fingerprint density at radius 3 is 2.89 bits per heavy atom. The number of nitrogens with zero attached hydrogens (tertiary/aromatic N) is 2. The highest BCUT2D eigenvalue weighted by Crippen LogP contribution is 2.35. The summed E-state index contributed by atoms with van der Waals surface area (Å²) >= 11 is 0. The van der Waals surface area contributed by atoms with Crippen LogP contribution in [-0.4, -0.2) is 11.5 Å². The number of hydrogen-bond donors (Lipinski definition) is 1. The van der Waals surface area contributed by atoms with Crippen LogP contribution in [0.4, 0.5) is 11.5 Å². The summed E-state index contributed by atoms with van der Waals surface area (Å²) < 4.78 is 0. The molecular weight excluding hydrogens is 222 g/mol. The van der Waals surface area contributed by atoms with Crippen molar-refractivity contribution in [2.75, 3.05) is 11.4 Å². The molecule has 0 bridgehead atoms. The molecule has 2 heterocycles. The van der Waals surface area contributed by atoms with Gasteiger partial charge in [-0.05, 0) is 31.0 Å². The molecule has 0 radical (unpaired) electrons. The lowest BCUT2D eigenvalue weighted by Gasteiger charge is -2.22. The topological polar surface area (TPSA) is 42.1 Å². The normalized spacial score (nSPS) is 15.6. The molecule has 0 amide bonds. The minimum atomic E-state index is 0.00135. The van der Waals surface area contributed by atoms with Gasteiger partial charge in [0.2, 0.25) is 0 Å². The first kappa shape index (κ1) is 11.2. The van der Waals surface area contributed by atoms with E-state index in [1.54, 1.807) is 0 Å². The highest BCUT2D eigenvalue weighted by molar-refractivity contribution is 5.69. The number of rotatable bonds is 2. The quantitative estimate of drug-likeness (QED) is 0.876. The van der Waals surface area contributed by atoms with Crippen molar-refractivity contribution in [3.05, 3.63) is 53.7 Å². The molecule has 0 aliphatic carbocycles. The molecule has 3 nitrogen and oxygen atoms in total. The SMILES string of the molecule is C[C@H](N)c1cccnc1N1CCc2ccccc21. The second-order valence-electron chi connectivity index (χ2n) is 4.74.